The molecule has 0 radical (unpaired) electrons. The summed E-state index contributed by atoms with van der Waals surface area (Å²) in [7, 11) is 4.09. The number of rotatable bonds is 5. The zero-order chi connectivity index (χ0) is 15.4. The van der Waals surface area contributed by atoms with E-state index in [1.54, 1.807) is 0 Å². The molecule has 1 aromatic heterocycles. The summed E-state index contributed by atoms with van der Waals surface area (Å²) in [5, 5.41) is 11.1. The summed E-state index contributed by atoms with van der Waals surface area (Å²) in [6.07, 6.45) is 1.17. The molecule has 116 valence electrons. The van der Waals surface area contributed by atoms with Crippen LogP contribution in [0.2, 0.25) is 5.28 Å². The van der Waals surface area contributed by atoms with Crippen LogP contribution in [0.4, 0.5) is 11.5 Å². The minimum absolute atomic E-state index is 0.0330. The Morgan fingerprint density at radius 1 is 1.38 bits per heavy atom. The van der Waals surface area contributed by atoms with Gasteiger partial charge in [-0.15, -0.1) is 0 Å². The third kappa shape index (κ3) is 4.23. The van der Waals surface area contributed by atoms with E-state index in [-0.39, 0.29) is 11.0 Å². The average Bonchev–Trinajstić information content (AvgIpc) is 2.45. The van der Waals surface area contributed by atoms with Gasteiger partial charge in [-0.3, -0.25) is 15.0 Å². The van der Waals surface area contributed by atoms with Gasteiger partial charge in [0.25, 0.3) is 0 Å². The van der Waals surface area contributed by atoms with Crippen LogP contribution in [0.1, 0.15) is 0 Å². The van der Waals surface area contributed by atoms with Gasteiger partial charge in [0.2, 0.25) is 11.1 Å². The van der Waals surface area contributed by atoms with Crippen molar-refractivity contribution in [2.75, 3.05) is 58.3 Å². The van der Waals surface area contributed by atoms with Gasteiger partial charge in [-0.25, -0.2) is 4.98 Å². The monoisotopic (exact) mass is 314 g/mol. The lowest BCUT2D eigenvalue weighted by Gasteiger charge is -2.35. The number of halogens is 1. The summed E-state index contributed by atoms with van der Waals surface area (Å²) >= 11 is 5.77. The maximum atomic E-state index is 11.1. The van der Waals surface area contributed by atoms with Crippen molar-refractivity contribution in [3.8, 4) is 0 Å². The summed E-state index contributed by atoms with van der Waals surface area (Å²) in [5.41, 5.74) is -0.0962. The molecular formula is C12H19ClN6O2. The van der Waals surface area contributed by atoms with Gasteiger partial charge in [0, 0.05) is 39.3 Å². The summed E-state index contributed by atoms with van der Waals surface area (Å²) < 4.78 is 0. The molecule has 0 amide bonds. The molecule has 9 heteroatoms. The number of piperazine rings is 1. The standard InChI is InChI=1S/C12H19ClN6O2/c1-16(2)3-4-17-5-7-18(8-6-17)11-10(19(20)21)9-14-12(13)15-11/h9H,3-8H2,1-2H3. The van der Waals surface area contributed by atoms with Gasteiger partial charge in [0.05, 0.1) is 4.92 Å². The van der Waals surface area contributed by atoms with Crippen LogP contribution >= 0.6 is 11.6 Å². The summed E-state index contributed by atoms with van der Waals surface area (Å²) in [5.74, 6) is 0.312. The molecule has 0 atom stereocenters. The predicted molar refractivity (Wildman–Crippen MR) is 80.9 cm³/mol. The van der Waals surface area contributed by atoms with Crippen LogP contribution in [0.25, 0.3) is 0 Å². The highest BCUT2D eigenvalue weighted by atomic mass is 35.5. The molecule has 0 saturated carbocycles. The number of hydrogen-bond acceptors (Lipinski definition) is 7. The van der Waals surface area contributed by atoms with Crippen LogP contribution in [-0.2, 0) is 0 Å². The first-order valence-corrected chi connectivity index (χ1v) is 7.14. The molecule has 0 spiro atoms. The topological polar surface area (TPSA) is 78.6 Å². The fourth-order valence-corrected chi connectivity index (χ4v) is 2.36. The summed E-state index contributed by atoms with van der Waals surface area (Å²) in [6, 6.07) is 0. The number of nitrogens with zero attached hydrogens (tertiary/aromatic N) is 6. The zero-order valence-corrected chi connectivity index (χ0v) is 13.0. The third-order valence-electron chi connectivity index (χ3n) is 3.45. The second kappa shape index (κ2) is 6.97. The highest BCUT2D eigenvalue weighted by molar-refractivity contribution is 6.28. The van der Waals surface area contributed by atoms with Gasteiger partial charge in [0.15, 0.2) is 0 Å². The molecule has 2 rings (SSSR count). The Labute approximate surface area is 128 Å². The lowest BCUT2D eigenvalue weighted by atomic mass is 10.3. The Bertz CT molecular complexity index is 505. The van der Waals surface area contributed by atoms with Crippen LogP contribution in [0.15, 0.2) is 6.20 Å². The van der Waals surface area contributed by atoms with Crippen molar-refractivity contribution in [1.29, 1.82) is 0 Å². The quantitative estimate of drug-likeness (QED) is 0.450. The molecule has 21 heavy (non-hydrogen) atoms. The molecule has 1 fully saturated rings. The molecule has 0 aromatic carbocycles. The Kier molecular flexibility index (Phi) is 5.27. The van der Waals surface area contributed by atoms with Gasteiger partial charge in [-0.05, 0) is 25.7 Å². The summed E-state index contributed by atoms with van der Waals surface area (Å²) in [6.45, 7) is 5.09. The fraction of sp³-hybridized carbons (Fsp3) is 0.667. The number of nitro groups is 1. The smallest absolute Gasteiger partial charge is 0.329 e. The second-order valence-corrected chi connectivity index (χ2v) is 5.58. The zero-order valence-electron chi connectivity index (χ0n) is 12.2. The van der Waals surface area contributed by atoms with Crippen LogP contribution in [0.5, 0.6) is 0 Å². The van der Waals surface area contributed by atoms with E-state index in [0.717, 1.165) is 26.2 Å². The fourth-order valence-electron chi connectivity index (χ4n) is 2.23. The normalized spacial score (nSPS) is 16.5. The van der Waals surface area contributed by atoms with Crippen molar-refractivity contribution >= 4 is 23.1 Å². The molecule has 0 unspecified atom stereocenters. The first kappa shape index (κ1) is 15.9. The van der Waals surface area contributed by atoms with Gasteiger partial charge < -0.3 is 9.80 Å². The van der Waals surface area contributed by atoms with Crippen LogP contribution in [0, 0.1) is 10.1 Å². The van der Waals surface area contributed by atoms with Gasteiger partial charge in [-0.2, -0.15) is 4.98 Å². The predicted octanol–water partition coefficient (Wildman–Crippen LogP) is 0.722. The van der Waals surface area contributed by atoms with E-state index in [2.05, 4.69) is 19.8 Å². The highest BCUT2D eigenvalue weighted by Crippen LogP contribution is 2.26. The molecule has 2 heterocycles. The highest BCUT2D eigenvalue weighted by Gasteiger charge is 2.25. The van der Waals surface area contributed by atoms with Crippen molar-refractivity contribution in [2.45, 2.75) is 0 Å². The van der Waals surface area contributed by atoms with E-state index < -0.39 is 4.92 Å². The van der Waals surface area contributed by atoms with E-state index >= 15 is 0 Å². The van der Waals surface area contributed by atoms with E-state index in [0.29, 0.717) is 18.9 Å². The SMILES string of the molecule is CN(C)CCN1CCN(c2nc(Cl)ncc2[N+](=O)[O-])CC1. The Morgan fingerprint density at radius 2 is 2.05 bits per heavy atom. The number of likely N-dealkylation sites (N-methyl/N-ethyl adjacent to an activating group) is 1. The lowest BCUT2D eigenvalue weighted by Crippen LogP contribution is -2.48. The van der Waals surface area contributed by atoms with Crippen molar-refractivity contribution in [1.82, 2.24) is 19.8 Å². The van der Waals surface area contributed by atoms with E-state index in [1.165, 1.54) is 6.20 Å². The van der Waals surface area contributed by atoms with Crippen LogP contribution in [-0.4, -0.2) is 78.1 Å². The van der Waals surface area contributed by atoms with Crippen molar-refractivity contribution in [3.63, 3.8) is 0 Å². The molecule has 0 N–H and O–H groups in total. The van der Waals surface area contributed by atoms with Gasteiger partial charge >= 0.3 is 5.69 Å². The Morgan fingerprint density at radius 3 is 2.62 bits per heavy atom. The van der Waals surface area contributed by atoms with Gasteiger partial charge in [0.1, 0.15) is 6.20 Å². The van der Waals surface area contributed by atoms with E-state index in [4.69, 9.17) is 11.6 Å². The first-order valence-electron chi connectivity index (χ1n) is 6.76. The van der Waals surface area contributed by atoms with Crippen LogP contribution in [0.3, 0.4) is 0 Å². The molecule has 1 aliphatic rings. The van der Waals surface area contributed by atoms with Crippen molar-refractivity contribution < 1.29 is 4.92 Å². The molecule has 1 aliphatic heterocycles. The second-order valence-electron chi connectivity index (χ2n) is 5.24. The van der Waals surface area contributed by atoms with Crippen LogP contribution < -0.4 is 4.90 Å². The van der Waals surface area contributed by atoms with E-state index in [9.17, 15) is 10.1 Å². The minimum atomic E-state index is -0.468. The number of hydrogen-bond donors (Lipinski definition) is 0. The first-order chi connectivity index (χ1) is 9.97. The largest absolute Gasteiger partial charge is 0.348 e. The average molecular weight is 315 g/mol. The molecule has 0 bridgehead atoms. The molecular weight excluding hydrogens is 296 g/mol. The Balaban J connectivity index is 2.02. The lowest BCUT2D eigenvalue weighted by molar-refractivity contribution is -0.384. The minimum Gasteiger partial charge on any atom is -0.348 e. The van der Waals surface area contributed by atoms with Crippen molar-refractivity contribution in [2.24, 2.45) is 0 Å². The van der Waals surface area contributed by atoms with Gasteiger partial charge in [-0.1, -0.05) is 0 Å². The van der Waals surface area contributed by atoms with Crippen molar-refractivity contribution in [3.05, 3.63) is 21.6 Å². The number of anilines is 1. The third-order valence-corrected chi connectivity index (χ3v) is 3.63. The Hall–Kier alpha value is -1.51. The molecule has 0 aliphatic carbocycles. The maximum Gasteiger partial charge on any atom is 0.329 e. The molecule has 1 saturated heterocycles. The molecule has 1 aromatic rings. The van der Waals surface area contributed by atoms with E-state index in [1.807, 2.05) is 19.0 Å². The number of aromatic nitrogens is 2. The summed E-state index contributed by atoms with van der Waals surface area (Å²) in [4.78, 5) is 24.7. The maximum absolute atomic E-state index is 11.1. The molecule has 8 nitrogen and oxygen atoms in total.